The van der Waals surface area contributed by atoms with Gasteiger partial charge in [0.25, 0.3) is 0 Å². The molecule has 4 heteroatoms. The summed E-state index contributed by atoms with van der Waals surface area (Å²) >= 11 is 0. The molecule has 0 bridgehead atoms. The Labute approximate surface area is 129 Å². The highest BCUT2D eigenvalue weighted by Crippen LogP contribution is 2.30. The first-order valence-electron chi connectivity index (χ1n) is 7.40. The van der Waals surface area contributed by atoms with E-state index in [-0.39, 0.29) is 10.8 Å². The van der Waals surface area contributed by atoms with Crippen molar-refractivity contribution in [2.45, 2.75) is 51.9 Å². The lowest BCUT2D eigenvalue weighted by Crippen LogP contribution is -2.43. The standard InChI is InChI=1S/C18H22O4/c1-6-18(5,16(20)21)11-7-8-14-12(9-11)13(19)10-15(22-14)17(2,3)4/h7-10H,6H2,1-5H3,(H,20,21)/p-1. The number of hydrogen-bond acceptors (Lipinski definition) is 4. The normalized spacial score (nSPS) is 14.8. The van der Waals surface area contributed by atoms with Gasteiger partial charge in [-0.1, -0.05) is 40.7 Å². The number of aliphatic carboxylic acids is 1. The highest BCUT2D eigenvalue weighted by Gasteiger charge is 2.27. The van der Waals surface area contributed by atoms with E-state index < -0.39 is 11.4 Å². The van der Waals surface area contributed by atoms with E-state index in [1.165, 1.54) is 6.07 Å². The van der Waals surface area contributed by atoms with Crippen LogP contribution in [-0.2, 0) is 15.6 Å². The molecule has 1 aromatic carbocycles. The molecule has 0 aliphatic rings. The Morgan fingerprint density at radius 1 is 1.18 bits per heavy atom. The lowest BCUT2D eigenvalue weighted by atomic mass is 9.80. The number of carbonyl (C=O) groups excluding carboxylic acids is 1. The van der Waals surface area contributed by atoms with Crippen molar-refractivity contribution in [2.75, 3.05) is 0 Å². The van der Waals surface area contributed by atoms with Gasteiger partial charge in [-0.3, -0.25) is 4.79 Å². The maximum atomic E-state index is 12.4. The van der Waals surface area contributed by atoms with Gasteiger partial charge >= 0.3 is 0 Å². The van der Waals surface area contributed by atoms with E-state index in [1.807, 2.05) is 20.8 Å². The molecule has 1 aromatic heterocycles. The van der Waals surface area contributed by atoms with Gasteiger partial charge in [0.15, 0.2) is 5.43 Å². The van der Waals surface area contributed by atoms with Crippen molar-refractivity contribution in [3.8, 4) is 0 Å². The molecule has 22 heavy (non-hydrogen) atoms. The van der Waals surface area contributed by atoms with E-state index in [0.717, 1.165) is 0 Å². The molecule has 0 radical (unpaired) electrons. The zero-order chi connectivity index (χ0) is 16.7. The smallest absolute Gasteiger partial charge is 0.192 e. The third-order valence-corrected chi connectivity index (χ3v) is 4.26. The number of benzene rings is 1. The second-order valence-corrected chi connectivity index (χ2v) is 6.91. The Bertz CT molecular complexity index is 780. The molecule has 0 N–H and O–H groups in total. The molecule has 1 heterocycles. The minimum Gasteiger partial charge on any atom is -0.549 e. The van der Waals surface area contributed by atoms with Crippen LogP contribution in [0, 0.1) is 0 Å². The second-order valence-electron chi connectivity index (χ2n) is 6.91. The van der Waals surface area contributed by atoms with Crippen molar-refractivity contribution in [1.29, 1.82) is 0 Å². The SMILES string of the molecule is CCC(C)(C(=O)[O-])c1ccc2oc(C(C)(C)C)cc(=O)c2c1. The summed E-state index contributed by atoms with van der Waals surface area (Å²) in [5, 5.41) is 11.8. The molecule has 0 fully saturated rings. The summed E-state index contributed by atoms with van der Waals surface area (Å²) in [6, 6.07) is 6.44. The third kappa shape index (κ3) is 2.65. The van der Waals surface area contributed by atoms with Gasteiger partial charge in [0.2, 0.25) is 0 Å². The zero-order valence-corrected chi connectivity index (χ0v) is 13.6. The highest BCUT2D eigenvalue weighted by atomic mass is 16.4. The Hall–Kier alpha value is -2.10. The van der Waals surface area contributed by atoms with Crippen LogP contribution >= 0.6 is 0 Å². The van der Waals surface area contributed by atoms with Crippen LogP contribution in [-0.4, -0.2) is 5.97 Å². The van der Waals surface area contributed by atoms with Gasteiger partial charge in [0, 0.05) is 16.9 Å². The largest absolute Gasteiger partial charge is 0.549 e. The van der Waals surface area contributed by atoms with Gasteiger partial charge in [-0.15, -0.1) is 0 Å². The van der Waals surface area contributed by atoms with Gasteiger partial charge in [-0.2, -0.15) is 0 Å². The first kappa shape index (κ1) is 16.3. The average Bonchev–Trinajstić information content (AvgIpc) is 2.44. The number of fused-ring (bicyclic) bond motifs is 1. The van der Waals surface area contributed by atoms with Crippen LogP contribution in [0.5, 0.6) is 0 Å². The lowest BCUT2D eigenvalue weighted by molar-refractivity contribution is -0.313. The van der Waals surface area contributed by atoms with Crippen LogP contribution in [0.1, 0.15) is 52.4 Å². The van der Waals surface area contributed by atoms with E-state index in [0.29, 0.717) is 28.7 Å². The minimum absolute atomic E-state index is 0.162. The molecule has 2 aromatic rings. The van der Waals surface area contributed by atoms with Crippen molar-refractivity contribution in [3.05, 3.63) is 45.8 Å². The number of rotatable bonds is 3. The summed E-state index contributed by atoms with van der Waals surface area (Å²) in [4.78, 5) is 23.8. The fourth-order valence-electron chi connectivity index (χ4n) is 2.34. The fraction of sp³-hybridized carbons (Fsp3) is 0.444. The van der Waals surface area contributed by atoms with Crippen LogP contribution in [0.4, 0.5) is 0 Å². The Morgan fingerprint density at radius 3 is 2.32 bits per heavy atom. The van der Waals surface area contributed by atoms with Crippen LogP contribution in [0.15, 0.2) is 33.5 Å². The number of carbonyl (C=O) groups is 1. The first-order chi connectivity index (χ1) is 10.1. The van der Waals surface area contributed by atoms with E-state index in [4.69, 9.17) is 4.42 Å². The van der Waals surface area contributed by atoms with Crippen molar-refractivity contribution in [3.63, 3.8) is 0 Å². The quantitative estimate of drug-likeness (QED) is 0.873. The van der Waals surface area contributed by atoms with Gasteiger partial charge < -0.3 is 14.3 Å². The summed E-state index contributed by atoms with van der Waals surface area (Å²) in [6.45, 7) is 9.29. The molecular formula is C18H21O4-. The molecule has 2 rings (SSSR count). The van der Waals surface area contributed by atoms with Crippen LogP contribution in [0.2, 0.25) is 0 Å². The summed E-state index contributed by atoms with van der Waals surface area (Å²) in [7, 11) is 0. The number of hydrogen-bond donors (Lipinski definition) is 0. The van der Waals surface area contributed by atoms with Gasteiger partial charge in [0.05, 0.1) is 11.4 Å². The topological polar surface area (TPSA) is 70.3 Å². The number of carboxylic acid groups (broad SMARTS) is 1. The Morgan fingerprint density at radius 2 is 1.82 bits per heavy atom. The second kappa shape index (κ2) is 5.27. The van der Waals surface area contributed by atoms with Crippen molar-refractivity contribution in [1.82, 2.24) is 0 Å². The maximum Gasteiger partial charge on any atom is 0.192 e. The molecule has 1 atom stereocenters. The summed E-state index contributed by atoms with van der Waals surface area (Å²) in [5.74, 6) is -0.541. The molecule has 1 unspecified atom stereocenters. The zero-order valence-electron chi connectivity index (χ0n) is 13.6. The van der Waals surface area contributed by atoms with E-state index >= 15 is 0 Å². The Balaban J connectivity index is 2.70. The highest BCUT2D eigenvalue weighted by molar-refractivity contribution is 5.83. The Kier molecular flexibility index (Phi) is 3.90. The van der Waals surface area contributed by atoms with Crippen LogP contribution in [0.3, 0.4) is 0 Å². The van der Waals surface area contributed by atoms with Gasteiger partial charge in [-0.25, -0.2) is 0 Å². The van der Waals surface area contributed by atoms with E-state index in [1.54, 1.807) is 32.0 Å². The molecule has 0 saturated heterocycles. The molecule has 4 nitrogen and oxygen atoms in total. The van der Waals surface area contributed by atoms with Crippen molar-refractivity contribution >= 4 is 16.9 Å². The minimum atomic E-state index is -1.15. The van der Waals surface area contributed by atoms with E-state index in [9.17, 15) is 14.7 Å². The lowest BCUT2D eigenvalue weighted by Gasteiger charge is -2.30. The molecular weight excluding hydrogens is 280 g/mol. The van der Waals surface area contributed by atoms with Gasteiger partial charge in [-0.05, 0) is 24.1 Å². The predicted molar refractivity (Wildman–Crippen MR) is 83.8 cm³/mol. The molecule has 0 spiro atoms. The number of carboxylic acids is 1. The van der Waals surface area contributed by atoms with Gasteiger partial charge in [0.1, 0.15) is 11.3 Å². The van der Waals surface area contributed by atoms with Crippen LogP contribution in [0.25, 0.3) is 11.0 Å². The summed E-state index contributed by atoms with van der Waals surface area (Å²) in [6.07, 6.45) is 0.381. The third-order valence-electron chi connectivity index (χ3n) is 4.26. The van der Waals surface area contributed by atoms with E-state index in [2.05, 4.69) is 0 Å². The van der Waals surface area contributed by atoms with Crippen LogP contribution < -0.4 is 10.5 Å². The molecule has 0 aliphatic heterocycles. The predicted octanol–water partition coefficient (Wildman–Crippen LogP) is 2.51. The molecule has 0 saturated carbocycles. The molecule has 0 aliphatic carbocycles. The monoisotopic (exact) mass is 301 g/mol. The molecule has 0 amide bonds. The molecule has 118 valence electrons. The summed E-state index contributed by atoms with van der Waals surface area (Å²) in [5.41, 5.74) is -0.528. The van der Waals surface area contributed by atoms with Crippen molar-refractivity contribution < 1.29 is 14.3 Å². The first-order valence-corrected chi connectivity index (χ1v) is 7.40. The summed E-state index contributed by atoms with van der Waals surface area (Å²) < 4.78 is 5.81. The maximum absolute atomic E-state index is 12.4. The average molecular weight is 301 g/mol. The van der Waals surface area contributed by atoms with Crippen molar-refractivity contribution in [2.24, 2.45) is 0 Å². The fourth-order valence-corrected chi connectivity index (χ4v) is 2.34.